The summed E-state index contributed by atoms with van der Waals surface area (Å²) < 4.78 is 45.4. The summed E-state index contributed by atoms with van der Waals surface area (Å²) in [5, 5.41) is -0.0631. The van der Waals surface area contributed by atoms with Gasteiger partial charge in [0.1, 0.15) is 11.4 Å². The summed E-state index contributed by atoms with van der Waals surface area (Å²) in [6.07, 6.45) is 7.70. The van der Waals surface area contributed by atoms with Gasteiger partial charge in [0.25, 0.3) is 0 Å². The summed E-state index contributed by atoms with van der Waals surface area (Å²) in [5.41, 5.74) is -0.978. The Bertz CT molecular complexity index is 874. The summed E-state index contributed by atoms with van der Waals surface area (Å²) >= 11 is 0.971. The van der Waals surface area contributed by atoms with Crippen molar-refractivity contribution in [2.24, 2.45) is 0 Å². The Kier molecular flexibility index (Phi) is 7.43. The lowest BCUT2D eigenvalue weighted by atomic mass is 9.88. The lowest BCUT2D eigenvalue weighted by molar-refractivity contribution is -0.141. The van der Waals surface area contributed by atoms with Crippen molar-refractivity contribution in [2.45, 2.75) is 87.6 Å². The smallest absolute Gasteiger partial charge is 0.433 e. The molecule has 2 fully saturated rings. The van der Waals surface area contributed by atoms with Crippen LogP contribution in [-0.4, -0.2) is 38.6 Å². The number of nitrogens with zero attached hydrogens (tertiary/aromatic N) is 3. The molecule has 4 rings (SSSR count). The van der Waals surface area contributed by atoms with Crippen molar-refractivity contribution < 1.29 is 22.4 Å². The van der Waals surface area contributed by atoms with E-state index in [1.54, 1.807) is 12.1 Å². The molecule has 32 heavy (non-hydrogen) atoms. The molecular formula is C23H28F3N3O2S. The van der Waals surface area contributed by atoms with Crippen LogP contribution in [0, 0.1) is 0 Å². The first-order valence-electron chi connectivity index (χ1n) is 11.4. The predicted octanol–water partition coefficient (Wildman–Crippen LogP) is 6.34. The Labute approximate surface area is 190 Å². The molecule has 9 heteroatoms. The lowest BCUT2D eigenvalue weighted by Gasteiger charge is -2.41. The van der Waals surface area contributed by atoms with Crippen molar-refractivity contribution in [3.05, 3.63) is 30.2 Å². The van der Waals surface area contributed by atoms with Crippen LogP contribution >= 0.6 is 11.8 Å². The van der Waals surface area contributed by atoms with E-state index in [4.69, 9.17) is 4.42 Å². The van der Waals surface area contributed by atoms with E-state index in [-0.39, 0.29) is 40.4 Å². The molecule has 174 valence electrons. The first kappa shape index (κ1) is 23.1. The summed E-state index contributed by atoms with van der Waals surface area (Å²) in [6.45, 7) is 0. The van der Waals surface area contributed by atoms with Gasteiger partial charge < -0.3 is 9.32 Å². The number of furan rings is 1. The molecule has 0 spiro atoms. The molecule has 0 radical (unpaired) electrons. The molecule has 0 bridgehead atoms. The SMILES string of the molecule is O=C(CSc1nc(-c2ccco2)cc(C(F)(F)F)n1)N(C1CCCCC1)C1CCCCC1. The number of rotatable bonds is 6. The summed E-state index contributed by atoms with van der Waals surface area (Å²) in [4.78, 5) is 23.3. The molecule has 0 atom stereocenters. The molecule has 2 aliphatic carbocycles. The normalized spacial score (nSPS) is 18.6. The number of halogens is 3. The largest absolute Gasteiger partial charge is 0.463 e. The average molecular weight is 468 g/mol. The molecule has 0 unspecified atom stereocenters. The number of hydrogen-bond donors (Lipinski definition) is 0. The van der Waals surface area contributed by atoms with Gasteiger partial charge in [-0.25, -0.2) is 9.97 Å². The highest BCUT2D eigenvalue weighted by Gasteiger charge is 2.35. The van der Waals surface area contributed by atoms with Gasteiger partial charge in [-0.15, -0.1) is 0 Å². The topological polar surface area (TPSA) is 59.2 Å². The zero-order chi connectivity index (χ0) is 22.6. The van der Waals surface area contributed by atoms with Gasteiger partial charge in [0.15, 0.2) is 10.9 Å². The van der Waals surface area contributed by atoms with E-state index in [9.17, 15) is 18.0 Å². The molecule has 0 aromatic carbocycles. The standard InChI is InChI=1S/C23H28F3N3O2S/c24-23(25,26)20-14-18(19-12-7-13-31-19)27-22(28-20)32-15-21(30)29(16-8-3-1-4-9-16)17-10-5-2-6-11-17/h7,12-14,16-17H,1-6,8-11,15H2. The number of carbonyl (C=O) groups is 1. The number of carbonyl (C=O) groups excluding carboxylic acids is 1. The maximum atomic E-state index is 13.4. The third kappa shape index (κ3) is 5.66. The van der Waals surface area contributed by atoms with E-state index in [0.29, 0.717) is 0 Å². The van der Waals surface area contributed by atoms with E-state index in [1.165, 1.54) is 19.1 Å². The first-order valence-corrected chi connectivity index (χ1v) is 12.3. The molecule has 0 N–H and O–H groups in total. The van der Waals surface area contributed by atoms with Crippen LogP contribution in [0.3, 0.4) is 0 Å². The van der Waals surface area contributed by atoms with Crippen LogP contribution in [-0.2, 0) is 11.0 Å². The second kappa shape index (κ2) is 10.3. The Morgan fingerprint density at radius 3 is 2.19 bits per heavy atom. The van der Waals surface area contributed by atoms with Crippen LogP contribution in [0.4, 0.5) is 13.2 Å². The van der Waals surface area contributed by atoms with Crippen molar-refractivity contribution in [1.29, 1.82) is 0 Å². The predicted molar refractivity (Wildman–Crippen MR) is 116 cm³/mol. The molecule has 2 heterocycles. The minimum absolute atomic E-state index is 0.0191. The van der Waals surface area contributed by atoms with Crippen LogP contribution in [0.1, 0.15) is 69.9 Å². The Balaban J connectivity index is 1.52. The quantitative estimate of drug-likeness (QED) is 0.366. The van der Waals surface area contributed by atoms with Crippen LogP contribution in [0.5, 0.6) is 0 Å². The van der Waals surface area contributed by atoms with Crippen molar-refractivity contribution in [1.82, 2.24) is 14.9 Å². The highest BCUT2D eigenvalue weighted by molar-refractivity contribution is 7.99. The number of thioether (sulfide) groups is 1. The fourth-order valence-electron chi connectivity index (χ4n) is 4.81. The lowest BCUT2D eigenvalue weighted by Crippen LogP contribution is -2.49. The van der Waals surface area contributed by atoms with Gasteiger partial charge in [-0.05, 0) is 43.9 Å². The minimum Gasteiger partial charge on any atom is -0.463 e. The van der Waals surface area contributed by atoms with E-state index >= 15 is 0 Å². The van der Waals surface area contributed by atoms with Gasteiger partial charge in [-0.2, -0.15) is 13.2 Å². The summed E-state index contributed by atoms with van der Waals surface area (Å²) in [5.74, 6) is 0.248. The van der Waals surface area contributed by atoms with Crippen LogP contribution in [0.25, 0.3) is 11.5 Å². The van der Waals surface area contributed by atoms with E-state index in [2.05, 4.69) is 14.9 Å². The average Bonchev–Trinajstić information content (AvgIpc) is 3.34. The first-order chi connectivity index (χ1) is 15.4. The second-order valence-corrected chi connectivity index (χ2v) is 9.51. The fourth-order valence-corrected chi connectivity index (χ4v) is 5.54. The zero-order valence-electron chi connectivity index (χ0n) is 17.9. The molecule has 2 aliphatic rings. The second-order valence-electron chi connectivity index (χ2n) is 8.57. The van der Waals surface area contributed by atoms with E-state index in [1.807, 2.05) is 0 Å². The maximum Gasteiger partial charge on any atom is 0.433 e. The molecule has 0 saturated heterocycles. The molecular weight excluding hydrogens is 439 g/mol. The zero-order valence-corrected chi connectivity index (χ0v) is 18.8. The fraction of sp³-hybridized carbons (Fsp3) is 0.609. The Morgan fingerprint density at radius 1 is 1.03 bits per heavy atom. The summed E-state index contributed by atoms with van der Waals surface area (Å²) in [6, 6.07) is 4.49. The van der Waals surface area contributed by atoms with E-state index in [0.717, 1.165) is 69.2 Å². The third-order valence-corrected chi connectivity index (χ3v) is 7.15. The highest BCUT2D eigenvalue weighted by Crippen LogP contribution is 2.34. The van der Waals surface area contributed by atoms with Gasteiger partial charge in [0.05, 0.1) is 12.0 Å². The molecule has 2 aromatic rings. The van der Waals surface area contributed by atoms with Crippen molar-refractivity contribution in [2.75, 3.05) is 5.75 Å². The van der Waals surface area contributed by atoms with Gasteiger partial charge in [0, 0.05) is 12.1 Å². The van der Waals surface area contributed by atoms with Crippen molar-refractivity contribution >= 4 is 17.7 Å². The highest BCUT2D eigenvalue weighted by atomic mass is 32.2. The van der Waals surface area contributed by atoms with Crippen LogP contribution in [0.15, 0.2) is 34.0 Å². The van der Waals surface area contributed by atoms with Crippen LogP contribution in [0.2, 0.25) is 0 Å². The Morgan fingerprint density at radius 2 is 1.66 bits per heavy atom. The molecule has 1 amide bonds. The van der Waals surface area contributed by atoms with Crippen LogP contribution < -0.4 is 0 Å². The molecule has 5 nitrogen and oxygen atoms in total. The number of amides is 1. The number of aromatic nitrogens is 2. The van der Waals surface area contributed by atoms with Gasteiger partial charge in [0.2, 0.25) is 5.91 Å². The Hall–Kier alpha value is -2.03. The number of hydrogen-bond acceptors (Lipinski definition) is 5. The molecule has 0 aliphatic heterocycles. The van der Waals surface area contributed by atoms with Crippen molar-refractivity contribution in [3.63, 3.8) is 0 Å². The molecule has 2 aromatic heterocycles. The monoisotopic (exact) mass is 467 g/mol. The minimum atomic E-state index is -4.61. The molecule has 2 saturated carbocycles. The van der Waals surface area contributed by atoms with Gasteiger partial charge in [-0.1, -0.05) is 50.3 Å². The maximum absolute atomic E-state index is 13.4. The van der Waals surface area contributed by atoms with Crippen molar-refractivity contribution in [3.8, 4) is 11.5 Å². The van der Waals surface area contributed by atoms with Gasteiger partial charge >= 0.3 is 6.18 Å². The van der Waals surface area contributed by atoms with E-state index < -0.39 is 11.9 Å². The third-order valence-electron chi connectivity index (χ3n) is 6.32. The van der Waals surface area contributed by atoms with Gasteiger partial charge in [-0.3, -0.25) is 4.79 Å². The summed E-state index contributed by atoms with van der Waals surface area (Å²) in [7, 11) is 0. The number of alkyl halides is 3.